The van der Waals surface area contributed by atoms with Crippen molar-refractivity contribution >= 4 is 50.7 Å². The molecule has 0 heterocycles. The number of rotatable bonds is 10. The Balaban J connectivity index is 1.93. The molecule has 1 saturated carbocycles. The lowest BCUT2D eigenvalue weighted by atomic mass is 9.95. The first-order valence-corrected chi connectivity index (χ1v) is 15.2. The number of nitrogens with one attached hydrogen (secondary N) is 1. The number of amides is 2. The van der Waals surface area contributed by atoms with E-state index in [1.54, 1.807) is 49.4 Å². The van der Waals surface area contributed by atoms with Gasteiger partial charge in [-0.2, -0.15) is 0 Å². The van der Waals surface area contributed by atoms with Crippen LogP contribution in [0.4, 0.5) is 5.69 Å². The highest BCUT2D eigenvalue weighted by Gasteiger charge is 2.33. The molecule has 0 radical (unpaired) electrons. The van der Waals surface area contributed by atoms with Crippen molar-refractivity contribution in [2.24, 2.45) is 0 Å². The average molecular weight is 569 g/mol. The summed E-state index contributed by atoms with van der Waals surface area (Å²) in [5.74, 6) is -0.689. The van der Waals surface area contributed by atoms with Crippen LogP contribution in [0.3, 0.4) is 0 Å². The van der Waals surface area contributed by atoms with Crippen LogP contribution in [-0.4, -0.2) is 50.0 Å². The summed E-state index contributed by atoms with van der Waals surface area (Å²) in [6.45, 7) is 3.29. The third-order valence-electron chi connectivity index (χ3n) is 6.71. The molecule has 0 unspecified atom stereocenters. The van der Waals surface area contributed by atoms with Crippen molar-refractivity contribution in [3.63, 3.8) is 0 Å². The molecule has 2 amide bonds. The molecule has 1 atom stereocenters. The van der Waals surface area contributed by atoms with Gasteiger partial charge in [0.15, 0.2) is 0 Å². The van der Waals surface area contributed by atoms with Gasteiger partial charge in [0.1, 0.15) is 12.6 Å². The second-order valence-corrected chi connectivity index (χ2v) is 12.4. The zero-order valence-electron chi connectivity index (χ0n) is 21.5. The number of carbonyl (C=O) groups excluding carboxylic acids is 2. The highest BCUT2D eigenvalue weighted by atomic mass is 35.5. The highest BCUT2D eigenvalue weighted by molar-refractivity contribution is 7.92. The standard InChI is InChI=1S/C27H35Cl2N3O4S/c1-4-24(27(34)30-23-8-6-5-7-9-23)31(17-20-10-12-21(28)13-11-20)26(33)18-32(37(3,35)36)25-15-14-22(29)16-19(25)2/h10-16,23-24H,4-9,17-18H2,1-3H3,(H,30,34)/t24-/m1/s1. The van der Waals surface area contributed by atoms with Gasteiger partial charge in [-0.05, 0) is 67.6 Å². The molecule has 0 aromatic heterocycles. The van der Waals surface area contributed by atoms with Crippen molar-refractivity contribution in [1.29, 1.82) is 0 Å². The maximum Gasteiger partial charge on any atom is 0.244 e. The minimum absolute atomic E-state index is 0.0898. The summed E-state index contributed by atoms with van der Waals surface area (Å²) in [6.07, 6.45) is 6.59. The first-order valence-electron chi connectivity index (χ1n) is 12.6. The van der Waals surface area contributed by atoms with Gasteiger partial charge in [-0.1, -0.05) is 61.5 Å². The van der Waals surface area contributed by atoms with Crippen molar-refractivity contribution in [3.05, 3.63) is 63.6 Å². The van der Waals surface area contributed by atoms with Crippen LogP contribution in [0.25, 0.3) is 0 Å². The molecular formula is C27H35Cl2N3O4S. The third kappa shape index (κ3) is 8.09. The largest absolute Gasteiger partial charge is 0.352 e. The Hall–Kier alpha value is -2.29. The molecule has 2 aromatic rings. The summed E-state index contributed by atoms with van der Waals surface area (Å²) >= 11 is 12.1. The van der Waals surface area contributed by atoms with Crippen LogP contribution in [0.15, 0.2) is 42.5 Å². The van der Waals surface area contributed by atoms with Gasteiger partial charge in [-0.25, -0.2) is 8.42 Å². The zero-order chi connectivity index (χ0) is 27.2. The predicted molar refractivity (Wildman–Crippen MR) is 149 cm³/mol. The molecule has 1 aliphatic carbocycles. The molecule has 10 heteroatoms. The predicted octanol–water partition coefficient (Wildman–Crippen LogP) is 5.32. The van der Waals surface area contributed by atoms with Gasteiger partial charge in [-0.3, -0.25) is 13.9 Å². The normalized spacial score (nSPS) is 15.2. The fourth-order valence-electron chi connectivity index (χ4n) is 4.74. The van der Waals surface area contributed by atoms with E-state index in [1.807, 2.05) is 6.92 Å². The number of benzene rings is 2. The highest BCUT2D eigenvalue weighted by Crippen LogP contribution is 2.26. The van der Waals surface area contributed by atoms with E-state index in [0.29, 0.717) is 27.7 Å². The number of hydrogen-bond donors (Lipinski definition) is 1. The SMILES string of the molecule is CC[C@H](C(=O)NC1CCCCC1)N(Cc1ccc(Cl)cc1)C(=O)CN(c1ccc(Cl)cc1C)S(C)(=O)=O. The lowest BCUT2D eigenvalue weighted by Crippen LogP contribution is -2.54. The van der Waals surface area contributed by atoms with Gasteiger partial charge < -0.3 is 10.2 Å². The molecule has 0 bridgehead atoms. The summed E-state index contributed by atoms with van der Waals surface area (Å²) in [5.41, 5.74) is 1.78. The summed E-state index contributed by atoms with van der Waals surface area (Å²) in [6, 6.07) is 11.2. The molecule has 0 aliphatic heterocycles. The number of sulfonamides is 1. The minimum Gasteiger partial charge on any atom is -0.352 e. The molecule has 1 fully saturated rings. The van der Waals surface area contributed by atoms with Crippen molar-refractivity contribution in [2.75, 3.05) is 17.1 Å². The van der Waals surface area contributed by atoms with Gasteiger partial charge in [0, 0.05) is 22.6 Å². The van der Waals surface area contributed by atoms with Crippen molar-refractivity contribution in [1.82, 2.24) is 10.2 Å². The smallest absolute Gasteiger partial charge is 0.244 e. The van der Waals surface area contributed by atoms with E-state index < -0.39 is 28.5 Å². The van der Waals surface area contributed by atoms with Gasteiger partial charge >= 0.3 is 0 Å². The third-order valence-corrected chi connectivity index (χ3v) is 8.32. The number of carbonyl (C=O) groups is 2. The maximum atomic E-state index is 13.8. The Labute approximate surface area is 230 Å². The van der Waals surface area contributed by atoms with Gasteiger partial charge in [0.05, 0.1) is 11.9 Å². The quantitative estimate of drug-likeness (QED) is 0.420. The average Bonchev–Trinajstić information content (AvgIpc) is 2.84. The van der Waals surface area contributed by atoms with Crippen molar-refractivity contribution in [2.45, 2.75) is 71.0 Å². The minimum atomic E-state index is -3.81. The van der Waals surface area contributed by atoms with Crippen LogP contribution < -0.4 is 9.62 Å². The topological polar surface area (TPSA) is 86.8 Å². The molecule has 0 spiro atoms. The zero-order valence-corrected chi connectivity index (χ0v) is 23.9. The number of hydrogen-bond acceptors (Lipinski definition) is 4. The second kappa shape index (κ2) is 13.0. The van der Waals surface area contributed by atoms with E-state index >= 15 is 0 Å². The summed E-state index contributed by atoms with van der Waals surface area (Å²) in [5, 5.41) is 4.16. The fraction of sp³-hybridized carbons (Fsp3) is 0.481. The van der Waals surface area contributed by atoms with Crippen LogP contribution >= 0.6 is 23.2 Å². The van der Waals surface area contributed by atoms with Gasteiger partial charge in [-0.15, -0.1) is 0 Å². The van der Waals surface area contributed by atoms with E-state index in [4.69, 9.17) is 23.2 Å². The van der Waals surface area contributed by atoms with Crippen molar-refractivity contribution in [3.8, 4) is 0 Å². The molecule has 2 aromatic carbocycles. The lowest BCUT2D eigenvalue weighted by molar-refractivity contribution is -0.140. The first-order chi connectivity index (χ1) is 17.5. The van der Waals surface area contributed by atoms with Gasteiger partial charge in [0.2, 0.25) is 21.8 Å². The Morgan fingerprint density at radius 2 is 1.65 bits per heavy atom. The summed E-state index contributed by atoms with van der Waals surface area (Å²) in [7, 11) is -3.81. The van der Waals surface area contributed by atoms with Crippen LogP contribution in [0.2, 0.25) is 10.0 Å². The van der Waals surface area contributed by atoms with Crippen LogP contribution in [0.5, 0.6) is 0 Å². The van der Waals surface area contributed by atoms with Crippen molar-refractivity contribution < 1.29 is 18.0 Å². The number of anilines is 1. The fourth-order valence-corrected chi connectivity index (χ4v) is 6.00. The molecule has 3 rings (SSSR count). The maximum absolute atomic E-state index is 13.8. The van der Waals surface area contributed by atoms with E-state index in [9.17, 15) is 18.0 Å². The lowest BCUT2D eigenvalue weighted by Gasteiger charge is -2.34. The van der Waals surface area contributed by atoms with Crippen LogP contribution in [0.1, 0.15) is 56.6 Å². The summed E-state index contributed by atoms with van der Waals surface area (Å²) < 4.78 is 26.6. The molecule has 7 nitrogen and oxygen atoms in total. The van der Waals surface area contributed by atoms with E-state index in [0.717, 1.165) is 48.2 Å². The number of nitrogens with zero attached hydrogens (tertiary/aromatic N) is 2. The van der Waals surface area contributed by atoms with Crippen LogP contribution in [0, 0.1) is 6.92 Å². The summed E-state index contributed by atoms with van der Waals surface area (Å²) in [4.78, 5) is 28.7. The van der Waals surface area contributed by atoms with E-state index in [1.165, 1.54) is 4.90 Å². The van der Waals surface area contributed by atoms with E-state index in [-0.39, 0.29) is 18.5 Å². The Bertz CT molecular complexity index is 1200. The Morgan fingerprint density at radius 3 is 2.22 bits per heavy atom. The molecule has 1 aliphatic rings. The van der Waals surface area contributed by atoms with Crippen LogP contribution in [-0.2, 0) is 26.2 Å². The molecule has 37 heavy (non-hydrogen) atoms. The number of aryl methyl sites for hydroxylation is 1. The Kier molecular flexibility index (Phi) is 10.3. The molecule has 202 valence electrons. The molecular weight excluding hydrogens is 533 g/mol. The van der Waals surface area contributed by atoms with E-state index in [2.05, 4.69) is 5.32 Å². The molecule has 1 N–H and O–H groups in total. The number of halogens is 2. The monoisotopic (exact) mass is 567 g/mol. The second-order valence-electron chi connectivity index (χ2n) is 9.62. The Morgan fingerprint density at radius 1 is 1.03 bits per heavy atom. The molecule has 0 saturated heterocycles. The van der Waals surface area contributed by atoms with Gasteiger partial charge in [0.25, 0.3) is 0 Å². The first kappa shape index (κ1) is 29.3.